The number of rotatable bonds is 3. The van der Waals surface area contributed by atoms with Crippen LogP contribution in [0.5, 0.6) is 0 Å². The van der Waals surface area contributed by atoms with Gasteiger partial charge in [0.25, 0.3) is 5.91 Å². The van der Waals surface area contributed by atoms with E-state index in [-0.39, 0.29) is 10.7 Å². The summed E-state index contributed by atoms with van der Waals surface area (Å²) in [5.74, 6) is 4.46. The minimum absolute atomic E-state index is 0.0132. The van der Waals surface area contributed by atoms with Gasteiger partial charge in [0, 0.05) is 11.3 Å². The summed E-state index contributed by atoms with van der Waals surface area (Å²) >= 11 is 5.65. The Hall–Kier alpha value is -2.18. The van der Waals surface area contributed by atoms with Crippen LogP contribution in [0.25, 0.3) is 0 Å². The second-order valence-electron chi connectivity index (χ2n) is 4.08. The van der Waals surface area contributed by atoms with E-state index in [4.69, 9.17) is 17.4 Å². The van der Waals surface area contributed by atoms with Crippen LogP contribution in [-0.2, 0) is 0 Å². The molecule has 1 amide bonds. The highest BCUT2D eigenvalue weighted by Gasteiger charge is 2.12. The molecule has 1 aromatic carbocycles. The van der Waals surface area contributed by atoms with E-state index in [0.29, 0.717) is 17.1 Å². The third kappa shape index (κ3) is 3.04. The molecule has 2 aromatic rings. The number of benzene rings is 1. The molecule has 0 aliphatic carbocycles. The van der Waals surface area contributed by atoms with Gasteiger partial charge in [0.1, 0.15) is 5.82 Å². The van der Waals surface area contributed by atoms with Crippen molar-refractivity contribution in [1.29, 1.82) is 0 Å². The van der Waals surface area contributed by atoms with Crippen molar-refractivity contribution in [1.82, 2.24) is 4.98 Å². The van der Waals surface area contributed by atoms with Crippen LogP contribution in [-0.4, -0.2) is 10.9 Å². The summed E-state index contributed by atoms with van der Waals surface area (Å²) in [7, 11) is 0. The highest BCUT2D eigenvalue weighted by molar-refractivity contribution is 6.31. The maximum atomic E-state index is 13.7. The summed E-state index contributed by atoms with van der Waals surface area (Å²) in [6.45, 7) is 1.72. The molecule has 0 aliphatic heterocycles. The van der Waals surface area contributed by atoms with Crippen molar-refractivity contribution < 1.29 is 9.18 Å². The molecule has 4 N–H and O–H groups in total. The molecule has 0 spiro atoms. The number of hydrogen-bond donors (Lipinski definition) is 3. The molecule has 1 aromatic heterocycles. The topological polar surface area (TPSA) is 80.0 Å². The molecular formula is C13H12ClFN4O. The molecular weight excluding hydrogens is 283 g/mol. The summed E-state index contributed by atoms with van der Waals surface area (Å²) < 4.78 is 13.7. The molecule has 0 saturated heterocycles. The van der Waals surface area contributed by atoms with Crippen LogP contribution >= 0.6 is 11.6 Å². The van der Waals surface area contributed by atoms with Crippen molar-refractivity contribution >= 4 is 29.0 Å². The van der Waals surface area contributed by atoms with Gasteiger partial charge in [-0.3, -0.25) is 4.79 Å². The van der Waals surface area contributed by atoms with Crippen molar-refractivity contribution in [2.45, 2.75) is 6.92 Å². The first-order valence-corrected chi connectivity index (χ1v) is 6.09. The van der Waals surface area contributed by atoms with E-state index < -0.39 is 11.7 Å². The van der Waals surface area contributed by atoms with Crippen LogP contribution in [0, 0.1) is 12.7 Å². The molecule has 1 heterocycles. The fourth-order valence-electron chi connectivity index (χ4n) is 1.67. The predicted octanol–water partition coefficient (Wildman–Crippen LogP) is 2.72. The van der Waals surface area contributed by atoms with Gasteiger partial charge in [0.05, 0.1) is 10.7 Å². The minimum Gasteiger partial charge on any atom is -0.319 e. The van der Waals surface area contributed by atoms with Gasteiger partial charge < -0.3 is 10.7 Å². The lowest BCUT2D eigenvalue weighted by molar-refractivity contribution is 0.102. The summed E-state index contributed by atoms with van der Waals surface area (Å²) in [6.07, 6.45) is 0. The highest BCUT2D eigenvalue weighted by Crippen LogP contribution is 2.22. The molecule has 0 aliphatic rings. The summed E-state index contributed by atoms with van der Waals surface area (Å²) in [6, 6.07) is 7.41. The Morgan fingerprint density at radius 2 is 2.15 bits per heavy atom. The van der Waals surface area contributed by atoms with Crippen molar-refractivity contribution in [2.75, 3.05) is 10.7 Å². The maximum absolute atomic E-state index is 13.7. The minimum atomic E-state index is -0.675. The molecule has 0 atom stereocenters. The Bertz CT molecular complexity index is 663. The summed E-state index contributed by atoms with van der Waals surface area (Å²) in [5.41, 5.74) is 3.29. The number of aromatic nitrogens is 1. The molecule has 0 bridgehead atoms. The zero-order valence-electron chi connectivity index (χ0n) is 10.6. The normalized spacial score (nSPS) is 10.2. The van der Waals surface area contributed by atoms with Gasteiger partial charge in [0.2, 0.25) is 0 Å². The Labute approximate surface area is 119 Å². The van der Waals surface area contributed by atoms with E-state index >= 15 is 0 Å². The van der Waals surface area contributed by atoms with Crippen LogP contribution in [0.2, 0.25) is 5.02 Å². The second kappa shape index (κ2) is 5.85. The van der Waals surface area contributed by atoms with Crippen molar-refractivity contribution in [3.05, 3.63) is 52.4 Å². The van der Waals surface area contributed by atoms with E-state index in [0.717, 1.165) is 0 Å². The van der Waals surface area contributed by atoms with Crippen LogP contribution in [0.4, 0.5) is 15.9 Å². The van der Waals surface area contributed by atoms with Gasteiger partial charge in [-0.05, 0) is 31.2 Å². The van der Waals surface area contributed by atoms with E-state index in [9.17, 15) is 9.18 Å². The standard InChI is InChI=1S/C13H12ClFN4O/c1-7-5-8(6-11(17-7)19-16)13(20)18-10-4-2-3-9(14)12(10)15/h2-6H,16H2,1H3,(H,17,19)(H,18,20). The molecule has 0 fully saturated rings. The smallest absolute Gasteiger partial charge is 0.255 e. The van der Waals surface area contributed by atoms with Crippen LogP contribution in [0.3, 0.4) is 0 Å². The van der Waals surface area contributed by atoms with E-state index in [1.165, 1.54) is 18.2 Å². The first-order chi connectivity index (χ1) is 9.51. The third-order valence-corrected chi connectivity index (χ3v) is 2.86. The number of nitrogens with one attached hydrogen (secondary N) is 2. The van der Waals surface area contributed by atoms with Crippen molar-refractivity contribution in [2.24, 2.45) is 5.84 Å². The summed E-state index contributed by atoms with van der Waals surface area (Å²) in [5, 5.41) is 2.39. The zero-order chi connectivity index (χ0) is 14.7. The predicted molar refractivity (Wildman–Crippen MR) is 76.1 cm³/mol. The number of hydrazine groups is 1. The van der Waals surface area contributed by atoms with Crippen molar-refractivity contribution in [3.8, 4) is 0 Å². The SMILES string of the molecule is Cc1cc(C(=O)Nc2cccc(Cl)c2F)cc(NN)n1. The summed E-state index contributed by atoms with van der Waals surface area (Å²) in [4.78, 5) is 16.1. The number of carbonyl (C=O) groups excluding carboxylic acids is 1. The molecule has 2 rings (SSSR count). The van der Waals surface area contributed by atoms with Crippen molar-refractivity contribution in [3.63, 3.8) is 0 Å². The van der Waals surface area contributed by atoms with Crippen LogP contribution < -0.4 is 16.6 Å². The average molecular weight is 295 g/mol. The number of nitrogens with zero attached hydrogens (tertiary/aromatic N) is 1. The highest BCUT2D eigenvalue weighted by atomic mass is 35.5. The monoisotopic (exact) mass is 294 g/mol. The van der Waals surface area contributed by atoms with Crippen LogP contribution in [0.15, 0.2) is 30.3 Å². The van der Waals surface area contributed by atoms with Gasteiger partial charge in [-0.15, -0.1) is 0 Å². The molecule has 0 radical (unpaired) electrons. The Morgan fingerprint density at radius 1 is 1.40 bits per heavy atom. The fourth-order valence-corrected chi connectivity index (χ4v) is 1.84. The van der Waals surface area contributed by atoms with E-state index in [2.05, 4.69) is 15.7 Å². The first kappa shape index (κ1) is 14.2. The maximum Gasteiger partial charge on any atom is 0.255 e. The Morgan fingerprint density at radius 3 is 2.85 bits per heavy atom. The fraction of sp³-hybridized carbons (Fsp3) is 0.0769. The van der Waals surface area contributed by atoms with Gasteiger partial charge in [-0.25, -0.2) is 15.2 Å². The number of hydrogen-bond acceptors (Lipinski definition) is 4. The first-order valence-electron chi connectivity index (χ1n) is 5.72. The van der Waals surface area contributed by atoms with Gasteiger partial charge in [-0.2, -0.15) is 0 Å². The molecule has 0 unspecified atom stereocenters. The number of anilines is 2. The van der Waals surface area contributed by atoms with E-state index in [1.807, 2.05) is 0 Å². The molecule has 5 nitrogen and oxygen atoms in total. The number of amides is 1. The van der Waals surface area contributed by atoms with Gasteiger partial charge >= 0.3 is 0 Å². The van der Waals surface area contributed by atoms with E-state index in [1.54, 1.807) is 19.1 Å². The lowest BCUT2D eigenvalue weighted by Crippen LogP contribution is -2.15. The average Bonchev–Trinajstić information content (AvgIpc) is 2.43. The molecule has 7 heteroatoms. The van der Waals surface area contributed by atoms with Crippen LogP contribution in [0.1, 0.15) is 16.1 Å². The molecule has 104 valence electrons. The Kier molecular flexibility index (Phi) is 4.16. The third-order valence-electron chi connectivity index (χ3n) is 2.56. The number of nitrogen functional groups attached to an aromatic ring is 1. The molecule has 0 saturated carbocycles. The largest absolute Gasteiger partial charge is 0.319 e. The Balaban J connectivity index is 2.28. The number of pyridine rings is 1. The number of halogens is 2. The second-order valence-corrected chi connectivity index (χ2v) is 4.49. The molecule has 20 heavy (non-hydrogen) atoms. The number of nitrogens with two attached hydrogens (primary N) is 1. The number of carbonyl (C=O) groups is 1. The van der Waals surface area contributed by atoms with Gasteiger partial charge in [-0.1, -0.05) is 17.7 Å². The quantitative estimate of drug-likeness (QED) is 0.600. The lowest BCUT2D eigenvalue weighted by Gasteiger charge is -2.09. The number of aryl methyl sites for hydroxylation is 1. The van der Waals surface area contributed by atoms with Gasteiger partial charge in [0.15, 0.2) is 5.82 Å². The zero-order valence-corrected chi connectivity index (χ0v) is 11.3. The lowest BCUT2D eigenvalue weighted by atomic mass is 10.2.